The minimum Gasteiger partial charge on any atom is -0.394 e. The van der Waals surface area contributed by atoms with Crippen LogP contribution in [0.25, 0.3) is 0 Å². The third kappa shape index (κ3) is 4.55. The Morgan fingerprint density at radius 1 is 1.44 bits per heavy atom. The van der Waals surface area contributed by atoms with Gasteiger partial charge in [-0.3, -0.25) is 9.69 Å². The van der Waals surface area contributed by atoms with E-state index in [1.54, 1.807) is 0 Å². The summed E-state index contributed by atoms with van der Waals surface area (Å²) in [4.78, 5) is 14.1. The molecule has 1 fully saturated rings. The minimum atomic E-state index is -0.186. The lowest BCUT2D eigenvalue weighted by Gasteiger charge is -2.38. The topological polar surface area (TPSA) is 61.8 Å². The molecule has 1 rings (SSSR count). The molecule has 5 nitrogen and oxygen atoms in total. The predicted octanol–water partition coefficient (Wildman–Crippen LogP) is 0.229. The first-order valence-corrected chi connectivity index (χ1v) is 6.72. The molecule has 0 bridgehead atoms. The Labute approximate surface area is 109 Å². The molecule has 1 aliphatic rings. The number of aliphatic hydroxyl groups is 1. The highest BCUT2D eigenvalue weighted by molar-refractivity contribution is 5.81. The van der Waals surface area contributed by atoms with Crippen molar-refractivity contribution < 1.29 is 14.6 Å². The molecule has 0 spiro atoms. The molecular formula is C13H26N2O3. The van der Waals surface area contributed by atoms with Crippen LogP contribution in [0.15, 0.2) is 0 Å². The van der Waals surface area contributed by atoms with Crippen molar-refractivity contribution in [2.75, 3.05) is 26.2 Å². The lowest BCUT2D eigenvalue weighted by Crippen LogP contribution is -2.55. The maximum absolute atomic E-state index is 12.0. The van der Waals surface area contributed by atoms with Crippen LogP contribution < -0.4 is 5.32 Å². The zero-order chi connectivity index (χ0) is 13.7. The number of nitrogens with one attached hydrogen (secondary N) is 1. The van der Waals surface area contributed by atoms with Crippen LogP contribution in [0.4, 0.5) is 0 Å². The maximum Gasteiger partial charge on any atom is 0.237 e. The molecule has 1 saturated heterocycles. The number of nitrogens with zero attached hydrogens (tertiary/aromatic N) is 1. The predicted molar refractivity (Wildman–Crippen MR) is 70.3 cm³/mol. The van der Waals surface area contributed by atoms with E-state index in [-0.39, 0.29) is 30.8 Å². The van der Waals surface area contributed by atoms with E-state index in [1.165, 1.54) is 0 Å². The molecule has 0 aromatic carbocycles. The van der Waals surface area contributed by atoms with Crippen LogP contribution in [0, 0.1) is 5.92 Å². The van der Waals surface area contributed by atoms with E-state index in [2.05, 4.69) is 24.1 Å². The summed E-state index contributed by atoms with van der Waals surface area (Å²) in [6.07, 6.45) is -0.134. The maximum atomic E-state index is 12.0. The van der Waals surface area contributed by atoms with Gasteiger partial charge >= 0.3 is 0 Å². The standard InChI is InChI=1S/C13H26N2O3/c1-9(2)5-14-13(17)11(4)15-6-10(3)18-12(7-15)8-16/h9-12,16H,5-8H2,1-4H3,(H,14,17). The normalized spacial score (nSPS) is 27.2. The molecule has 106 valence electrons. The third-order valence-electron chi connectivity index (χ3n) is 3.17. The second-order valence-corrected chi connectivity index (χ2v) is 5.52. The first kappa shape index (κ1) is 15.4. The van der Waals surface area contributed by atoms with Crippen molar-refractivity contribution in [1.82, 2.24) is 10.2 Å². The number of carbonyl (C=O) groups excluding carboxylic acids is 1. The highest BCUT2D eigenvalue weighted by atomic mass is 16.5. The van der Waals surface area contributed by atoms with Crippen LogP contribution in [-0.4, -0.2) is 60.4 Å². The number of aliphatic hydroxyl groups excluding tert-OH is 1. The van der Waals surface area contributed by atoms with Gasteiger partial charge in [0.15, 0.2) is 0 Å². The molecule has 0 aliphatic carbocycles. The van der Waals surface area contributed by atoms with Gasteiger partial charge in [0, 0.05) is 19.6 Å². The Morgan fingerprint density at radius 3 is 2.67 bits per heavy atom. The van der Waals surface area contributed by atoms with Crippen molar-refractivity contribution >= 4 is 5.91 Å². The summed E-state index contributed by atoms with van der Waals surface area (Å²) < 4.78 is 5.57. The fourth-order valence-corrected chi connectivity index (χ4v) is 2.12. The molecule has 0 aromatic heterocycles. The van der Waals surface area contributed by atoms with Crippen LogP contribution in [0.2, 0.25) is 0 Å². The van der Waals surface area contributed by atoms with E-state index in [4.69, 9.17) is 4.74 Å². The Bertz CT molecular complexity index is 271. The van der Waals surface area contributed by atoms with Crippen molar-refractivity contribution in [3.05, 3.63) is 0 Å². The molecule has 0 saturated carbocycles. The highest BCUT2D eigenvalue weighted by Crippen LogP contribution is 2.13. The highest BCUT2D eigenvalue weighted by Gasteiger charge is 2.30. The van der Waals surface area contributed by atoms with E-state index in [1.807, 2.05) is 13.8 Å². The van der Waals surface area contributed by atoms with Gasteiger partial charge in [-0.2, -0.15) is 0 Å². The molecule has 0 aromatic rings. The van der Waals surface area contributed by atoms with Gasteiger partial charge in [-0.15, -0.1) is 0 Å². The van der Waals surface area contributed by atoms with Gasteiger partial charge in [-0.1, -0.05) is 13.8 Å². The summed E-state index contributed by atoms with van der Waals surface area (Å²) in [7, 11) is 0. The van der Waals surface area contributed by atoms with Crippen LogP contribution in [0.3, 0.4) is 0 Å². The number of ether oxygens (including phenoxy) is 1. The summed E-state index contributed by atoms with van der Waals surface area (Å²) in [5, 5.41) is 12.1. The number of hydrogen-bond acceptors (Lipinski definition) is 4. The zero-order valence-corrected chi connectivity index (χ0v) is 11.8. The number of carbonyl (C=O) groups is 1. The molecule has 3 unspecified atom stereocenters. The van der Waals surface area contributed by atoms with E-state index in [0.29, 0.717) is 19.0 Å². The van der Waals surface area contributed by atoms with E-state index in [0.717, 1.165) is 6.54 Å². The van der Waals surface area contributed by atoms with E-state index in [9.17, 15) is 9.90 Å². The van der Waals surface area contributed by atoms with Gasteiger partial charge in [0.1, 0.15) is 0 Å². The number of rotatable bonds is 5. The molecule has 2 N–H and O–H groups in total. The van der Waals surface area contributed by atoms with Crippen molar-refractivity contribution in [3.63, 3.8) is 0 Å². The Kier molecular flexibility index (Phi) is 6.05. The zero-order valence-electron chi connectivity index (χ0n) is 11.8. The molecule has 3 atom stereocenters. The average Bonchev–Trinajstić information content (AvgIpc) is 2.34. The minimum absolute atomic E-state index is 0.00116. The van der Waals surface area contributed by atoms with Crippen LogP contribution in [0.1, 0.15) is 27.7 Å². The fraction of sp³-hybridized carbons (Fsp3) is 0.923. The average molecular weight is 258 g/mol. The first-order chi connectivity index (χ1) is 8.43. The monoisotopic (exact) mass is 258 g/mol. The van der Waals surface area contributed by atoms with Gasteiger partial charge in [-0.05, 0) is 19.8 Å². The molecule has 5 heteroatoms. The van der Waals surface area contributed by atoms with Gasteiger partial charge in [0.25, 0.3) is 0 Å². The third-order valence-corrected chi connectivity index (χ3v) is 3.17. The van der Waals surface area contributed by atoms with Crippen molar-refractivity contribution in [2.24, 2.45) is 5.92 Å². The van der Waals surface area contributed by atoms with Crippen molar-refractivity contribution in [2.45, 2.75) is 45.9 Å². The van der Waals surface area contributed by atoms with Gasteiger partial charge in [-0.25, -0.2) is 0 Å². The van der Waals surface area contributed by atoms with E-state index < -0.39 is 0 Å². The fourth-order valence-electron chi connectivity index (χ4n) is 2.12. The van der Waals surface area contributed by atoms with Crippen LogP contribution in [0.5, 0.6) is 0 Å². The number of morpholine rings is 1. The summed E-state index contributed by atoms with van der Waals surface area (Å²) in [6, 6.07) is -0.177. The van der Waals surface area contributed by atoms with Crippen LogP contribution in [-0.2, 0) is 9.53 Å². The molecule has 1 heterocycles. The van der Waals surface area contributed by atoms with E-state index >= 15 is 0 Å². The summed E-state index contributed by atoms with van der Waals surface area (Å²) in [5.74, 6) is 0.504. The molecule has 1 amide bonds. The van der Waals surface area contributed by atoms with Gasteiger partial charge < -0.3 is 15.2 Å². The Hall–Kier alpha value is -0.650. The number of hydrogen-bond donors (Lipinski definition) is 2. The lowest BCUT2D eigenvalue weighted by molar-refractivity contribution is -0.135. The molecular weight excluding hydrogens is 232 g/mol. The second kappa shape index (κ2) is 7.07. The Balaban J connectivity index is 2.48. The smallest absolute Gasteiger partial charge is 0.237 e. The molecule has 18 heavy (non-hydrogen) atoms. The van der Waals surface area contributed by atoms with Crippen molar-refractivity contribution in [1.29, 1.82) is 0 Å². The summed E-state index contributed by atoms with van der Waals surface area (Å²) in [6.45, 7) is 10.1. The van der Waals surface area contributed by atoms with Crippen molar-refractivity contribution in [3.8, 4) is 0 Å². The largest absolute Gasteiger partial charge is 0.394 e. The summed E-state index contributed by atoms with van der Waals surface area (Å²) >= 11 is 0. The first-order valence-electron chi connectivity index (χ1n) is 6.72. The molecule has 1 aliphatic heterocycles. The van der Waals surface area contributed by atoms with Gasteiger partial charge in [0.05, 0.1) is 24.9 Å². The van der Waals surface area contributed by atoms with Crippen LogP contribution >= 0.6 is 0 Å². The Morgan fingerprint density at radius 2 is 2.11 bits per heavy atom. The number of amides is 1. The second-order valence-electron chi connectivity index (χ2n) is 5.52. The lowest BCUT2D eigenvalue weighted by atomic mass is 10.1. The summed E-state index contributed by atoms with van der Waals surface area (Å²) in [5.41, 5.74) is 0. The SMILES string of the molecule is CC(C)CNC(=O)C(C)N1CC(C)OC(CO)C1. The molecule has 0 radical (unpaired) electrons. The quantitative estimate of drug-likeness (QED) is 0.741. The van der Waals surface area contributed by atoms with Gasteiger partial charge in [0.2, 0.25) is 5.91 Å².